The van der Waals surface area contributed by atoms with E-state index in [2.05, 4.69) is 5.10 Å². The van der Waals surface area contributed by atoms with Crippen LogP contribution in [0.3, 0.4) is 0 Å². The van der Waals surface area contributed by atoms with Crippen LogP contribution in [-0.2, 0) is 17.3 Å². The molecule has 1 aliphatic rings. The largest absolute Gasteiger partial charge is 0.481 e. The van der Waals surface area contributed by atoms with Crippen LogP contribution < -0.4 is 0 Å². The van der Waals surface area contributed by atoms with Gasteiger partial charge in [0.05, 0.1) is 17.6 Å². The van der Waals surface area contributed by atoms with Crippen molar-refractivity contribution < 1.29 is 9.90 Å². The van der Waals surface area contributed by atoms with Gasteiger partial charge in [-0.05, 0) is 18.9 Å². The van der Waals surface area contributed by atoms with Gasteiger partial charge in [-0.2, -0.15) is 5.10 Å². The summed E-state index contributed by atoms with van der Waals surface area (Å²) in [5, 5.41) is 14.6. The number of aliphatic carboxylic acids is 1. The Hall–Kier alpha value is -1.84. The predicted octanol–water partition coefficient (Wildman–Crippen LogP) is 2.08. The van der Waals surface area contributed by atoms with E-state index in [1.807, 2.05) is 36.0 Å². The van der Waals surface area contributed by atoms with E-state index in [-0.39, 0.29) is 11.8 Å². The van der Waals surface area contributed by atoms with E-state index >= 15 is 0 Å². The molecule has 4 nitrogen and oxygen atoms in total. The van der Waals surface area contributed by atoms with Crippen molar-refractivity contribution in [2.45, 2.75) is 24.7 Å². The van der Waals surface area contributed by atoms with Gasteiger partial charge in [0.2, 0.25) is 0 Å². The quantitative estimate of drug-likeness (QED) is 0.878. The fraction of sp³-hybridized carbons (Fsp3) is 0.385. The molecular weight excluding hydrogens is 216 g/mol. The lowest BCUT2D eigenvalue weighted by Crippen LogP contribution is -2.14. The maximum Gasteiger partial charge on any atom is 0.304 e. The molecule has 0 amide bonds. The van der Waals surface area contributed by atoms with E-state index in [0.717, 1.165) is 29.4 Å². The van der Waals surface area contributed by atoms with Gasteiger partial charge in [-0.25, -0.2) is 0 Å². The van der Waals surface area contributed by atoms with Crippen molar-refractivity contribution in [1.29, 1.82) is 0 Å². The minimum atomic E-state index is -0.739. The average molecular weight is 230 g/mol. The van der Waals surface area contributed by atoms with Gasteiger partial charge in [-0.15, -0.1) is 0 Å². The van der Waals surface area contributed by atoms with E-state index in [9.17, 15) is 4.79 Å². The number of hydrogen-bond acceptors (Lipinski definition) is 2. The Kier molecular flexibility index (Phi) is 2.02. The summed E-state index contributed by atoms with van der Waals surface area (Å²) in [6.07, 6.45) is 2.05. The molecule has 0 saturated heterocycles. The number of benzene rings is 1. The highest BCUT2D eigenvalue weighted by atomic mass is 16.4. The second-order valence-corrected chi connectivity index (χ2v) is 4.84. The number of carboxylic acids is 1. The Morgan fingerprint density at radius 3 is 2.82 bits per heavy atom. The van der Waals surface area contributed by atoms with Gasteiger partial charge in [-0.1, -0.05) is 18.2 Å². The molecule has 0 spiro atoms. The van der Waals surface area contributed by atoms with Gasteiger partial charge in [0.1, 0.15) is 0 Å². The zero-order chi connectivity index (χ0) is 12.0. The normalized spacial score (nSPS) is 17.2. The van der Waals surface area contributed by atoms with Crippen LogP contribution in [0.4, 0.5) is 0 Å². The number of para-hydroxylation sites is 1. The smallest absolute Gasteiger partial charge is 0.304 e. The van der Waals surface area contributed by atoms with Crippen LogP contribution in [0.15, 0.2) is 24.3 Å². The first kappa shape index (κ1) is 10.3. The first-order valence-electron chi connectivity index (χ1n) is 5.76. The van der Waals surface area contributed by atoms with Gasteiger partial charge < -0.3 is 5.11 Å². The summed E-state index contributed by atoms with van der Waals surface area (Å²) in [7, 11) is 1.91. The molecular formula is C13H14N2O2. The summed E-state index contributed by atoms with van der Waals surface area (Å²) in [5.74, 6) is -0.739. The molecule has 1 fully saturated rings. The molecule has 4 heteroatoms. The van der Waals surface area contributed by atoms with Gasteiger partial charge in [0, 0.05) is 17.8 Å². The standard InChI is InChI=1S/C13H14N2O2/c1-15-10-5-3-2-4-9(10)12(14-15)13(6-7-13)8-11(16)17/h2-5H,6-8H2,1H3,(H,16,17). The van der Waals surface area contributed by atoms with Gasteiger partial charge >= 0.3 is 5.97 Å². The number of nitrogens with zero attached hydrogens (tertiary/aromatic N) is 2. The van der Waals surface area contributed by atoms with Crippen molar-refractivity contribution in [3.63, 3.8) is 0 Å². The van der Waals surface area contributed by atoms with Crippen molar-refractivity contribution in [3.05, 3.63) is 30.0 Å². The Morgan fingerprint density at radius 1 is 1.47 bits per heavy atom. The summed E-state index contributed by atoms with van der Waals surface area (Å²) < 4.78 is 1.84. The topological polar surface area (TPSA) is 55.1 Å². The Bertz CT molecular complexity index is 596. The van der Waals surface area contributed by atoms with E-state index in [1.165, 1.54) is 0 Å². The lowest BCUT2D eigenvalue weighted by molar-refractivity contribution is -0.137. The number of aryl methyl sites for hydroxylation is 1. The van der Waals surface area contributed by atoms with E-state index in [1.54, 1.807) is 0 Å². The molecule has 17 heavy (non-hydrogen) atoms. The van der Waals surface area contributed by atoms with Crippen molar-refractivity contribution in [1.82, 2.24) is 9.78 Å². The molecule has 0 radical (unpaired) electrons. The number of carbonyl (C=O) groups is 1. The lowest BCUT2D eigenvalue weighted by Gasteiger charge is -2.09. The summed E-state index contributed by atoms with van der Waals surface area (Å²) in [6, 6.07) is 8.00. The predicted molar refractivity (Wildman–Crippen MR) is 63.9 cm³/mol. The van der Waals surface area contributed by atoms with Crippen LogP contribution in [0.1, 0.15) is 25.0 Å². The second-order valence-electron chi connectivity index (χ2n) is 4.84. The molecule has 0 aliphatic heterocycles. The zero-order valence-corrected chi connectivity index (χ0v) is 9.68. The number of fused-ring (bicyclic) bond motifs is 1. The molecule has 0 atom stereocenters. The maximum absolute atomic E-state index is 10.9. The molecule has 0 unspecified atom stereocenters. The van der Waals surface area contributed by atoms with E-state index in [4.69, 9.17) is 5.11 Å². The van der Waals surface area contributed by atoms with Crippen LogP contribution in [0, 0.1) is 0 Å². The average Bonchev–Trinajstić information content (AvgIpc) is 2.97. The zero-order valence-electron chi connectivity index (χ0n) is 9.68. The van der Waals surface area contributed by atoms with Gasteiger partial charge in [-0.3, -0.25) is 9.48 Å². The van der Waals surface area contributed by atoms with Crippen molar-refractivity contribution in [2.24, 2.45) is 7.05 Å². The van der Waals surface area contributed by atoms with Gasteiger partial charge in [0.25, 0.3) is 0 Å². The highest BCUT2D eigenvalue weighted by molar-refractivity contribution is 5.84. The molecule has 1 aromatic heterocycles. The molecule has 88 valence electrons. The highest BCUT2D eigenvalue weighted by Crippen LogP contribution is 2.52. The first-order valence-corrected chi connectivity index (χ1v) is 5.76. The van der Waals surface area contributed by atoms with Gasteiger partial charge in [0.15, 0.2) is 0 Å². The monoisotopic (exact) mass is 230 g/mol. The molecule has 1 aromatic carbocycles. The van der Waals surface area contributed by atoms with Crippen molar-refractivity contribution in [2.75, 3.05) is 0 Å². The Labute approximate surface area is 98.9 Å². The summed E-state index contributed by atoms with van der Waals surface area (Å²) in [4.78, 5) is 10.9. The third-order valence-corrected chi connectivity index (χ3v) is 3.60. The minimum absolute atomic E-state index is 0.188. The van der Waals surface area contributed by atoms with Crippen LogP contribution in [0.25, 0.3) is 10.9 Å². The number of aromatic nitrogens is 2. The lowest BCUT2D eigenvalue weighted by atomic mass is 9.95. The van der Waals surface area contributed by atoms with Crippen LogP contribution in [0.5, 0.6) is 0 Å². The molecule has 1 saturated carbocycles. The molecule has 3 rings (SSSR count). The number of rotatable bonds is 3. The van der Waals surface area contributed by atoms with Crippen LogP contribution in [-0.4, -0.2) is 20.9 Å². The maximum atomic E-state index is 10.9. The fourth-order valence-electron chi connectivity index (χ4n) is 2.54. The highest BCUT2D eigenvalue weighted by Gasteiger charge is 2.49. The third-order valence-electron chi connectivity index (χ3n) is 3.60. The van der Waals surface area contributed by atoms with E-state index in [0.29, 0.717) is 0 Å². The molecule has 2 aromatic rings. The summed E-state index contributed by atoms with van der Waals surface area (Å²) >= 11 is 0. The summed E-state index contributed by atoms with van der Waals surface area (Å²) in [6.45, 7) is 0. The summed E-state index contributed by atoms with van der Waals surface area (Å²) in [5.41, 5.74) is 1.81. The second kappa shape index (κ2) is 3.32. The SMILES string of the molecule is Cn1nc(C2(CC(=O)O)CC2)c2ccccc21. The molecule has 1 heterocycles. The Balaban J connectivity index is 2.15. The van der Waals surface area contributed by atoms with Crippen LogP contribution >= 0.6 is 0 Å². The third kappa shape index (κ3) is 1.52. The molecule has 0 bridgehead atoms. The van der Waals surface area contributed by atoms with Crippen molar-refractivity contribution >= 4 is 16.9 Å². The van der Waals surface area contributed by atoms with E-state index < -0.39 is 5.97 Å². The fourth-order valence-corrected chi connectivity index (χ4v) is 2.54. The number of hydrogen-bond donors (Lipinski definition) is 1. The van der Waals surface area contributed by atoms with Crippen LogP contribution in [0.2, 0.25) is 0 Å². The minimum Gasteiger partial charge on any atom is -0.481 e. The first-order chi connectivity index (χ1) is 8.12. The number of carboxylic acid groups (broad SMARTS) is 1. The molecule has 1 aliphatic carbocycles. The van der Waals surface area contributed by atoms with Crippen molar-refractivity contribution in [3.8, 4) is 0 Å². The Morgan fingerprint density at radius 2 is 2.18 bits per heavy atom. The molecule has 1 N–H and O–H groups in total.